The molecule has 0 aliphatic heterocycles. The van der Waals surface area contributed by atoms with Crippen LogP contribution in [0.2, 0.25) is 0 Å². The Morgan fingerprint density at radius 1 is 0.750 bits per heavy atom. The van der Waals surface area contributed by atoms with Gasteiger partial charge in [0.1, 0.15) is 0 Å². The van der Waals surface area contributed by atoms with Crippen LogP contribution in [0, 0.1) is 0 Å². The summed E-state index contributed by atoms with van der Waals surface area (Å²) in [5.74, 6) is 0. The summed E-state index contributed by atoms with van der Waals surface area (Å²) in [7, 11) is 0. The van der Waals surface area contributed by atoms with Crippen molar-refractivity contribution in [2.45, 2.75) is 6.92 Å². The third kappa shape index (κ3) is 3.02. The minimum atomic E-state index is 0.805. The minimum Gasteiger partial charge on any atom is -0.308 e. The fourth-order valence-corrected chi connectivity index (χ4v) is 6.86. The predicted molar refractivity (Wildman–Crippen MR) is 160 cm³/mol. The molecule has 0 aliphatic rings. The molecule has 0 spiro atoms. The van der Waals surface area contributed by atoms with E-state index in [1.165, 1.54) is 53.4 Å². The van der Waals surface area contributed by atoms with Crippen molar-refractivity contribution in [1.29, 1.82) is 0 Å². The average Bonchev–Trinajstić information content (AvgIpc) is 3.45. The van der Waals surface area contributed by atoms with Crippen LogP contribution < -0.4 is 9.75 Å². The number of thiophene rings is 1. The van der Waals surface area contributed by atoms with Gasteiger partial charge in [0, 0.05) is 52.1 Å². The van der Waals surface area contributed by atoms with Crippen molar-refractivity contribution in [3.8, 4) is 5.69 Å². The van der Waals surface area contributed by atoms with Gasteiger partial charge in [-0.1, -0.05) is 103 Å². The quantitative estimate of drug-likeness (QED) is 0.224. The van der Waals surface area contributed by atoms with Crippen molar-refractivity contribution >= 4 is 87.5 Å². The van der Waals surface area contributed by atoms with Crippen molar-refractivity contribution in [3.05, 3.63) is 113 Å². The topological polar surface area (TPSA) is 4.93 Å². The Balaban J connectivity index is 1.74. The molecule has 0 N–H and O–H groups in total. The van der Waals surface area contributed by atoms with E-state index < -0.39 is 0 Å². The molecular weight excluding hydrogens is 478 g/mol. The van der Waals surface area contributed by atoms with Gasteiger partial charge in [-0.3, -0.25) is 0 Å². The number of aromatic nitrogens is 1. The lowest BCUT2D eigenvalue weighted by Gasteiger charge is -2.12. The summed E-state index contributed by atoms with van der Waals surface area (Å²) in [6.07, 6.45) is 3.92. The van der Waals surface area contributed by atoms with Gasteiger partial charge >= 0.3 is 0 Å². The Labute approximate surface area is 217 Å². The monoisotopic (exact) mass is 499 g/mol. The first-order valence-corrected chi connectivity index (χ1v) is 13.2. The van der Waals surface area contributed by atoms with Crippen LogP contribution in [0.25, 0.3) is 70.2 Å². The minimum absolute atomic E-state index is 0.805. The van der Waals surface area contributed by atoms with Gasteiger partial charge in [-0.05, 0) is 35.9 Å². The van der Waals surface area contributed by atoms with E-state index in [9.17, 15) is 0 Å². The number of fused-ring (bicyclic) bond motifs is 8. The van der Waals surface area contributed by atoms with Crippen molar-refractivity contribution in [1.82, 2.24) is 4.57 Å². The van der Waals surface area contributed by atoms with Gasteiger partial charge in [0.15, 0.2) is 0 Å². The lowest BCUT2D eigenvalue weighted by atomic mass is 10.0. The lowest BCUT2D eigenvalue weighted by molar-refractivity contribution is 1.20. The molecule has 0 radical (unpaired) electrons. The summed E-state index contributed by atoms with van der Waals surface area (Å²) in [6.45, 7) is 5.91. The van der Waals surface area contributed by atoms with E-state index >= 15 is 0 Å². The summed E-state index contributed by atoms with van der Waals surface area (Å²) in [5, 5.41) is 10.7. The fourth-order valence-electron chi connectivity index (χ4n) is 5.58. The number of benzene rings is 5. The molecule has 0 bridgehead atoms. The van der Waals surface area contributed by atoms with E-state index in [1.807, 2.05) is 13.0 Å². The number of hydrogen-bond acceptors (Lipinski definition) is 1. The maximum Gasteiger partial charge on any atom is 0.0619 e. The molecule has 1 nitrogen and oxygen atoms in total. The fraction of sp³-hybridized carbons (Fsp3) is 0.0303. The van der Waals surface area contributed by atoms with Crippen LogP contribution in [-0.2, 0) is 0 Å². The second kappa shape index (κ2) is 8.09. The molecular formula is C33H22ClNS. The molecule has 5 aromatic carbocycles. The lowest BCUT2D eigenvalue weighted by Crippen LogP contribution is -2.19. The summed E-state index contributed by atoms with van der Waals surface area (Å²) in [4.78, 5) is 0. The highest BCUT2D eigenvalue weighted by Crippen LogP contribution is 2.40. The number of allylic oxidation sites excluding steroid dienone is 1. The molecule has 7 aromatic rings. The molecule has 0 atom stereocenters. The van der Waals surface area contributed by atoms with Crippen molar-refractivity contribution < 1.29 is 0 Å². The van der Waals surface area contributed by atoms with Crippen LogP contribution in [0.4, 0.5) is 0 Å². The molecule has 0 amide bonds. The van der Waals surface area contributed by atoms with E-state index in [0.717, 1.165) is 20.5 Å². The second-order valence-corrected chi connectivity index (χ2v) is 10.8. The van der Waals surface area contributed by atoms with E-state index in [2.05, 4.69) is 108 Å². The first-order chi connectivity index (χ1) is 17.7. The number of hydrogen-bond donors (Lipinski definition) is 0. The van der Waals surface area contributed by atoms with Gasteiger partial charge in [0.2, 0.25) is 0 Å². The van der Waals surface area contributed by atoms with Gasteiger partial charge < -0.3 is 4.57 Å². The van der Waals surface area contributed by atoms with E-state index in [-0.39, 0.29) is 0 Å². The predicted octanol–water partition coefficient (Wildman–Crippen LogP) is 8.64. The van der Waals surface area contributed by atoms with Crippen molar-refractivity contribution in [3.63, 3.8) is 0 Å². The van der Waals surface area contributed by atoms with E-state index in [0.29, 0.717) is 0 Å². The van der Waals surface area contributed by atoms with Gasteiger partial charge in [-0.25, -0.2) is 0 Å². The van der Waals surface area contributed by atoms with Gasteiger partial charge in [0.25, 0.3) is 0 Å². The molecule has 0 unspecified atom stereocenters. The Bertz CT molecular complexity index is 2050. The standard InChI is InChI=1S/C33H22ClNS/c1-3-8-28-29-19-23(15-18-30(29)36-33(28)20(2)34)35-31-24-11-6-4-9-21(24)13-16-26(31)27-17-14-22-10-5-7-12-25(22)32(27)35/h3-19H,1H2,2H3/b28-8-,33-20-. The van der Waals surface area contributed by atoms with Crippen LogP contribution in [-0.4, -0.2) is 4.57 Å². The molecule has 2 heterocycles. The molecule has 2 aromatic heterocycles. The van der Waals surface area contributed by atoms with Crippen molar-refractivity contribution in [2.75, 3.05) is 0 Å². The Hall–Kier alpha value is -3.85. The zero-order valence-electron chi connectivity index (χ0n) is 19.8. The summed E-state index contributed by atoms with van der Waals surface area (Å²) < 4.78 is 4.78. The molecule has 7 rings (SSSR count). The summed E-state index contributed by atoms with van der Waals surface area (Å²) in [6, 6.07) is 33.1. The highest BCUT2D eigenvalue weighted by Gasteiger charge is 2.17. The van der Waals surface area contributed by atoms with Crippen LogP contribution in [0.5, 0.6) is 0 Å². The first kappa shape index (κ1) is 21.4. The van der Waals surface area contributed by atoms with Gasteiger partial charge in [-0.15, -0.1) is 11.3 Å². The second-order valence-electron chi connectivity index (χ2n) is 9.16. The highest BCUT2D eigenvalue weighted by molar-refractivity contribution is 7.17. The number of rotatable bonds is 2. The summed E-state index contributed by atoms with van der Waals surface area (Å²) >= 11 is 8.24. The third-order valence-electron chi connectivity index (χ3n) is 7.10. The number of nitrogens with zero attached hydrogens (tertiary/aromatic N) is 1. The zero-order valence-corrected chi connectivity index (χ0v) is 21.3. The van der Waals surface area contributed by atoms with Gasteiger partial charge in [-0.2, -0.15) is 0 Å². The van der Waals surface area contributed by atoms with Crippen LogP contribution in [0.3, 0.4) is 0 Å². The number of halogens is 1. The zero-order chi connectivity index (χ0) is 24.4. The Morgan fingerprint density at radius 3 is 1.94 bits per heavy atom. The molecule has 3 heteroatoms. The van der Waals surface area contributed by atoms with E-state index in [1.54, 1.807) is 11.3 Å². The molecule has 0 fully saturated rings. The maximum atomic E-state index is 6.51. The SMILES string of the molecule is C=C/C=c1\c(=C(/C)Cl)sc2ccc(-n3c4c5ccccc5ccc4c4ccc5ccccc5c43)cc12. The average molecular weight is 500 g/mol. The molecule has 172 valence electrons. The van der Waals surface area contributed by atoms with E-state index in [4.69, 9.17) is 11.6 Å². The maximum absolute atomic E-state index is 6.51. The normalized spacial score (nSPS) is 13.4. The van der Waals surface area contributed by atoms with Crippen LogP contribution in [0.15, 0.2) is 104 Å². The molecule has 36 heavy (non-hydrogen) atoms. The Kier molecular flexibility index (Phi) is 4.82. The summed E-state index contributed by atoms with van der Waals surface area (Å²) in [5.41, 5.74) is 3.62. The molecule has 0 saturated heterocycles. The van der Waals surface area contributed by atoms with Crippen molar-refractivity contribution in [2.24, 2.45) is 0 Å². The first-order valence-electron chi connectivity index (χ1n) is 12.0. The van der Waals surface area contributed by atoms with Gasteiger partial charge in [0.05, 0.1) is 11.0 Å². The third-order valence-corrected chi connectivity index (χ3v) is 8.71. The highest BCUT2D eigenvalue weighted by atomic mass is 35.5. The molecule has 0 aliphatic carbocycles. The smallest absolute Gasteiger partial charge is 0.0619 e. The Morgan fingerprint density at radius 2 is 1.36 bits per heavy atom. The van der Waals surface area contributed by atoms with Crippen LogP contribution in [0.1, 0.15) is 6.92 Å². The van der Waals surface area contributed by atoms with Crippen LogP contribution >= 0.6 is 22.9 Å². The molecule has 0 saturated carbocycles. The largest absolute Gasteiger partial charge is 0.308 e.